The van der Waals surface area contributed by atoms with Crippen LogP contribution in [0.5, 0.6) is 5.75 Å². The molecule has 148 valence electrons. The largest absolute Gasteiger partial charge is 0.483 e. The Kier molecular flexibility index (Phi) is 8.62. The standard InChI is InChI=1S/C19H20BrN3O3S2/c1-12(2)13-5-7-16(15(20)10-13)26-11-18(25)22-23-19(27)21-17(24)8-6-14-4-3-9-28-14/h3-10,12H,11H2,1-2H3,(H,22,25)(H2,21,23,24,27). The fraction of sp³-hybridized carbons (Fsp3) is 0.211. The number of carbonyl (C=O) groups is 2. The fourth-order valence-corrected chi connectivity index (χ4v) is 3.31. The Morgan fingerprint density at radius 2 is 2.07 bits per heavy atom. The Balaban J connectivity index is 1.71. The molecule has 0 aliphatic carbocycles. The lowest BCUT2D eigenvalue weighted by Crippen LogP contribution is -2.49. The molecule has 0 aliphatic heterocycles. The van der Waals surface area contributed by atoms with Crippen LogP contribution in [0.25, 0.3) is 6.08 Å². The van der Waals surface area contributed by atoms with Gasteiger partial charge in [-0.25, -0.2) is 0 Å². The first-order valence-corrected chi connectivity index (χ1v) is 10.5. The molecule has 2 amide bonds. The summed E-state index contributed by atoms with van der Waals surface area (Å²) in [4.78, 5) is 24.6. The molecule has 1 aromatic heterocycles. The van der Waals surface area contributed by atoms with Crippen LogP contribution in [0.4, 0.5) is 0 Å². The minimum atomic E-state index is -0.439. The average molecular weight is 482 g/mol. The first-order valence-electron chi connectivity index (χ1n) is 8.38. The molecule has 0 atom stereocenters. The molecule has 1 heterocycles. The lowest BCUT2D eigenvalue weighted by Gasteiger charge is -2.12. The number of rotatable bonds is 6. The van der Waals surface area contributed by atoms with Crippen LogP contribution in [0, 0.1) is 0 Å². The van der Waals surface area contributed by atoms with E-state index in [1.807, 2.05) is 35.7 Å². The number of ether oxygens (including phenoxy) is 1. The van der Waals surface area contributed by atoms with Crippen molar-refractivity contribution in [3.8, 4) is 5.75 Å². The molecule has 0 saturated heterocycles. The van der Waals surface area contributed by atoms with E-state index in [-0.39, 0.29) is 11.7 Å². The lowest BCUT2D eigenvalue weighted by atomic mass is 10.0. The van der Waals surface area contributed by atoms with Crippen molar-refractivity contribution in [2.24, 2.45) is 0 Å². The van der Waals surface area contributed by atoms with E-state index < -0.39 is 11.8 Å². The molecule has 2 aromatic rings. The fourth-order valence-electron chi connectivity index (χ4n) is 2.03. The van der Waals surface area contributed by atoms with E-state index in [0.29, 0.717) is 11.7 Å². The van der Waals surface area contributed by atoms with E-state index in [4.69, 9.17) is 17.0 Å². The van der Waals surface area contributed by atoms with E-state index in [9.17, 15) is 9.59 Å². The van der Waals surface area contributed by atoms with Gasteiger partial charge in [-0.1, -0.05) is 26.0 Å². The van der Waals surface area contributed by atoms with Crippen molar-refractivity contribution in [3.63, 3.8) is 0 Å². The second-order valence-corrected chi connectivity index (χ2v) is 8.22. The van der Waals surface area contributed by atoms with Gasteiger partial charge >= 0.3 is 0 Å². The Labute approximate surface area is 181 Å². The molecule has 0 saturated carbocycles. The van der Waals surface area contributed by atoms with Crippen molar-refractivity contribution >= 4 is 62.5 Å². The minimum absolute atomic E-state index is 0.0170. The predicted octanol–water partition coefficient (Wildman–Crippen LogP) is 3.75. The lowest BCUT2D eigenvalue weighted by molar-refractivity contribution is -0.123. The predicted molar refractivity (Wildman–Crippen MR) is 119 cm³/mol. The van der Waals surface area contributed by atoms with E-state index in [0.717, 1.165) is 9.35 Å². The second kappa shape index (κ2) is 10.9. The van der Waals surface area contributed by atoms with Gasteiger partial charge in [0.15, 0.2) is 11.7 Å². The van der Waals surface area contributed by atoms with Crippen molar-refractivity contribution < 1.29 is 14.3 Å². The van der Waals surface area contributed by atoms with Crippen molar-refractivity contribution in [3.05, 3.63) is 56.7 Å². The van der Waals surface area contributed by atoms with Gasteiger partial charge in [0, 0.05) is 11.0 Å². The molecular weight excluding hydrogens is 462 g/mol. The number of amides is 2. The molecular formula is C19H20BrN3O3S2. The van der Waals surface area contributed by atoms with Crippen molar-refractivity contribution in [2.45, 2.75) is 19.8 Å². The minimum Gasteiger partial charge on any atom is -0.483 e. The van der Waals surface area contributed by atoms with Gasteiger partial charge in [0.25, 0.3) is 5.91 Å². The van der Waals surface area contributed by atoms with Crippen LogP contribution in [0.2, 0.25) is 0 Å². The van der Waals surface area contributed by atoms with Crippen LogP contribution in [0.15, 0.2) is 46.3 Å². The van der Waals surface area contributed by atoms with Gasteiger partial charge in [-0.05, 0) is 69.3 Å². The van der Waals surface area contributed by atoms with Gasteiger partial charge in [0.2, 0.25) is 5.91 Å². The molecule has 0 aliphatic rings. The zero-order valence-corrected chi connectivity index (χ0v) is 18.5. The zero-order chi connectivity index (χ0) is 20.5. The first-order chi connectivity index (χ1) is 13.3. The van der Waals surface area contributed by atoms with Gasteiger partial charge < -0.3 is 4.74 Å². The molecule has 0 radical (unpaired) electrons. The first kappa shape index (κ1) is 22.1. The van der Waals surface area contributed by atoms with Gasteiger partial charge in [-0.15, -0.1) is 11.3 Å². The van der Waals surface area contributed by atoms with Crippen LogP contribution in [0.3, 0.4) is 0 Å². The second-order valence-electron chi connectivity index (χ2n) is 5.97. The topological polar surface area (TPSA) is 79.5 Å². The highest BCUT2D eigenvalue weighted by atomic mass is 79.9. The summed E-state index contributed by atoms with van der Waals surface area (Å²) in [6.07, 6.45) is 3.04. The Hall–Kier alpha value is -2.23. The maximum atomic E-state index is 11.9. The van der Waals surface area contributed by atoms with Gasteiger partial charge in [-0.3, -0.25) is 25.8 Å². The molecule has 28 heavy (non-hydrogen) atoms. The highest BCUT2D eigenvalue weighted by molar-refractivity contribution is 9.10. The van der Waals surface area contributed by atoms with Gasteiger partial charge in [0.1, 0.15) is 5.75 Å². The van der Waals surface area contributed by atoms with Crippen molar-refractivity contribution in [2.75, 3.05) is 6.61 Å². The number of halogens is 1. The average Bonchev–Trinajstić information content (AvgIpc) is 3.17. The monoisotopic (exact) mass is 481 g/mol. The van der Waals surface area contributed by atoms with E-state index in [1.54, 1.807) is 6.08 Å². The zero-order valence-electron chi connectivity index (χ0n) is 15.3. The van der Waals surface area contributed by atoms with Crippen molar-refractivity contribution in [1.82, 2.24) is 16.2 Å². The molecule has 3 N–H and O–H groups in total. The molecule has 0 spiro atoms. The van der Waals surface area contributed by atoms with Crippen LogP contribution in [-0.2, 0) is 9.59 Å². The number of hydrogen-bond acceptors (Lipinski definition) is 5. The van der Waals surface area contributed by atoms with Crippen molar-refractivity contribution in [1.29, 1.82) is 0 Å². The smallest absolute Gasteiger partial charge is 0.276 e. The van der Waals surface area contributed by atoms with Crippen LogP contribution in [0.1, 0.15) is 30.2 Å². The quantitative estimate of drug-likeness (QED) is 0.332. The highest BCUT2D eigenvalue weighted by Crippen LogP contribution is 2.28. The molecule has 0 fully saturated rings. The number of benzene rings is 1. The van der Waals surface area contributed by atoms with E-state index in [1.165, 1.54) is 23.0 Å². The summed E-state index contributed by atoms with van der Waals surface area (Å²) >= 11 is 9.92. The SMILES string of the molecule is CC(C)c1ccc(OCC(=O)NNC(=S)NC(=O)C=Cc2cccs2)c(Br)c1. The number of thiophene rings is 1. The van der Waals surface area contributed by atoms with Gasteiger partial charge in [-0.2, -0.15) is 0 Å². The molecule has 6 nitrogen and oxygen atoms in total. The Bertz CT molecular complexity index is 867. The number of nitrogens with one attached hydrogen (secondary N) is 3. The summed E-state index contributed by atoms with van der Waals surface area (Å²) in [5, 5.41) is 4.33. The Morgan fingerprint density at radius 3 is 2.71 bits per heavy atom. The number of thiocarbonyl (C=S) groups is 1. The molecule has 0 bridgehead atoms. The van der Waals surface area contributed by atoms with Crippen LogP contribution >= 0.6 is 39.5 Å². The van der Waals surface area contributed by atoms with Crippen LogP contribution < -0.4 is 20.9 Å². The normalized spacial score (nSPS) is 10.7. The summed E-state index contributed by atoms with van der Waals surface area (Å²) in [6, 6.07) is 9.51. The van der Waals surface area contributed by atoms with Gasteiger partial charge in [0.05, 0.1) is 4.47 Å². The maximum Gasteiger partial charge on any atom is 0.276 e. The summed E-state index contributed by atoms with van der Waals surface area (Å²) in [6.45, 7) is 3.99. The summed E-state index contributed by atoms with van der Waals surface area (Å²) in [5.41, 5.74) is 5.99. The number of hydrazine groups is 1. The summed E-state index contributed by atoms with van der Waals surface area (Å²) < 4.78 is 6.26. The van der Waals surface area contributed by atoms with E-state index >= 15 is 0 Å². The third kappa shape index (κ3) is 7.41. The number of carbonyl (C=O) groups excluding carboxylic acids is 2. The third-order valence-corrected chi connectivity index (χ3v) is 5.14. The number of hydrogen-bond donors (Lipinski definition) is 3. The summed E-state index contributed by atoms with van der Waals surface area (Å²) in [7, 11) is 0. The molecule has 2 rings (SSSR count). The molecule has 9 heteroatoms. The highest BCUT2D eigenvalue weighted by Gasteiger charge is 2.09. The van der Waals surface area contributed by atoms with Crippen LogP contribution in [-0.4, -0.2) is 23.5 Å². The molecule has 1 aromatic carbocycles. The molecule has 0 unspecified atom stereocenters. The van der Waals surface area contributed by atoms with E-state index in [2.05, 4.69) is 45.9 Å². The maximum absolute atomic E-state index is 11.9. The third-order valence-electron chi connectivity index (χ3n) is 3.48. The Morgan fingerprint density at radius 1 is 1.29 bits per heavy atom. The summed E-state index contributed by atoms with van der Waals surface area (Å²) in [5.74, 6) is 0.125.